The van der Waals surface area contributed by atoms with Crippen molar-refractivity contribution in [3.63, 3.8) is 0 Å². The highest BCUT2D eigenvalue weighted by Gasteiger charge is 2.09. The highest BCUT2D eigenvalue weighted by atomic mass is 32.2. The molecule has 14 heavy (non-hydrogen) atoms. The Hall–Kier alpha value is -0.830. The minimum atomic E-state index is -3.01. The molecule has 2 nitrogen and oxygen atoms in total. The van der Waals surface area contributed by atoms with Gasteiger partial charge in [-0.3, -0.25) is 0 Å². The van der Waals surface area contributed by atoms with E-state index in [9.17, 15) is 8.42 Å². The lowest BCUT2D eigenvalue weighted by molar-refractivity contribution is 0.597. The van der Waals surface area contributed by atoms with E-state index in [2.05, 4.69) is 0 Å². The van der Waals surface area contributed by atoms with Crippen molar-refractivity contribution in [2.24, 2.45) is 0 Å². The SMILES string of the molecule is CC.CCS(=O)(=O)c1ccc(C)cc1. The number of benzene rings is 1. The van der Waals surface area contributed by atoms with E-state index in [1.165, 1.54) is 0 Å². The summed E-state index contributed by atoms with van der Waals surface area (Å²) in [7, 11) is -3.01. The number of sulfone groups is 1. The molecular weight excluding hydrogens is 196 g/mol. The van der Waals surface area contributed by atoms with Crippen LogP contribution in [0.4, 0.5) is 0 Å². The van der Waals surface area contributed by atoms with E-state index in [1.807, 2.05) is 32.9 Å². The van der Waals surface area contributed by atoms with Gasteiger partial charge in [-0.05, 0) is 19.1 Å². The van der Waals surface area contributed by atoms with Gasteiger partial charge < -0.3 is 0 Å². The number of aryl methyl sites for hydroxylation is 1. The standard InChI is InChI=1S/C9H12O2S.C2H6/c1-3-12(10,11)9-6-4-8(2)5-7-9;1-2/h4-7H,3H2,1-2H3;1-2H3. The number of hydrogen-bond acceptors (Lipinski definition) is 2. The second kappa shape index (κ2) is 5.81. The van der Waals surface area contributed by atoms with Crippen molar-refractivity contribution in [1.82, 2.24) is 0 Å². The Morgan fingerprint density at radius 1 is 1.07 bits per heavy atom. The summed E-state index contributed by atoms with van der Waals surface area (Å²) in [4.78, 5) is 0.413. The summed E-state index contributed by atoms with van der Waals surface area (Å²) in [6.07, 6.45) is 0. The van der Waals surface area contributed by atoms with E-state index < -0.39 is 9.84 Å². The first-order valence-electron chi connectivity index (χ1n) is 4.85. The highest BCUT2D eigenvalue weighted by molar-refractivity contribution is 7.91. The van der Waals surface area contributed by atoms with Crippen LogP contribution >= 0.6 is 0 Å². The van der Waals surface area contributed by atoms with Crippen molar-refractivity contribution >= 4 is 9.84 Å². The van der Waals surface area contributed by atoms with E-state index in [0.717, 1.165) is 5.56 Å². The predicted molar refractivity (Wildman–Crippen MR) is 60.3 cm³/mol. The van der Waals surface area contributed by atoms with Crippen LogP contribution in [0, 0.1) is 6.92 Å². The lowest BCUT2D eigenvalue weighted by atomic mass is 10.2. The van der Waals surface area contributed by atoms with Crippen molar-refractivity contribution in [2.45, 2.75) is 32.6 Å². The second-order valence-electron chi connectivity index (χ2n) is 2.72. The Bertz CT molecular complexity index is 349. The zero-order chi connectivity index (χ0) is 11.2. The van der Waals surface area contributed by atoms with Gasteiger partial charge in [-0.25, -0.2) is 8.42 Å². The molecule has 80 valence electrons. The van der Waals surface area contributed by atoms with Gasteiger partial charge in [0.1, 0.15) is 0 Å². The third kappa shape index (κ3) is 3.50. The van der Waals surface area contributed by atoms with Crippen molar-refractivity contribution < 1.29 is 8.42 Å². The topological polar surface area (TPSA) is 34.1 Å². The van der Waals surface area contributed by atoms with Gasteiger partial charge in [-0.15, -0.1) is 0 Å². The monoisotopic (exact) mass is 214 g/mol. The Morgan fingerprint density at radius 2 is 1.50 bits per heavy atom. The van der Waals surface area contributed by atoms with E-state index in [4.69, 9.17) is 0 Å². The molecule has 0 aliphatic heterocycles. The van der Waals surface area contributed by atoms with E-state index >= 15 is 0 Å². The molecule has 0 aliphatic rings. The van der Waals surface area contributed by atoms with Gasteiger partial charge in [0.2, 0.25) is 0 Å². The maximum absolute atomic E-state index is 11.3. The smallest absolute Gasteiger partial charge is 0.178 e. The molecule has 0 N–H and O–H groups in total. The Labute approximate surface area is 86.9 Å². The lowest BCUT2D eigenvalue weighted by Gasteiger charge is -2.00. The summed E-state index contributed by atoms with van der Waals surface area (Å²) in [5, 5.41) is 0. The molecule has 0 spiro atoms. The largest absolute Gasteiger partial charge is 0.224 e. The summed E-state index contributed by atoms with van der Waals surface area (Å²) in [5.41, 5.74) is 1.07. The first-order chi connectivity index (χ1) is 6.56. The molecule has 1 rings (SSSR count). The minimum absolute atomic E-state index is 0.163. The molecule has 0 fully saturated rings. The summed E-state index contributed by atoms with van der Waals surface area (Å²) in [5.74, 6) is 0.163. The molecule has 0 bridgehead atoms. The normalized spacial score (nSPS) is 10.3. The Kier molecular flexibility index (Phi) is 5.46. The van der Waals surface area contributed by atoms with Crippen LogP contribution in [0.1, 0.15) is 26.3 Å². The highest BCUT2D eigenvalue weighted by Crippen LogP contribution is 2.11. The fraction of sp³-hybridized carbons (Fsp3) is 0.455. The average molecular weight is 214 g/mol. The molecule has 0 aliphatic carbocycles. The van der Waals surface area contributed by atoms with Crippen LogP contribution in [0.25, 0.3) is 0 Å². The van der Waals surface area contributed by atoms with Gasteiger partial charge in [0, 0.05) is 0 Å². The van der Waals surface area contributed by atoms with Crippen LogP contribution in [0.2, 0.25) is 0 Å². The minimum Gasteiger partial charge on any atom is -0.224 e. The fourth-order valence-electron chi connectivity index (χ4n) is 0.912. The Balaban J connectivity index is 0.000000791. The molecule has 0 saturated heterocycles. The van der Waals surface area contributed by atoms with Crippen LogP contribution in [0.15, 0.2) is 29.2 Å². The molecule has 1 aromatic carbocycles. The van der Waals surface area contributed by atoms with Gasteiger partial charge in [0.05, 0.1) is 10.6 Å². The maximum Gasteiger partial charge on any atom is 0.178 e. The number of rotatable bonds is 2. The predicted octanol–water partition coefficient (Wildman–Crippen LogP) is 2.81. The summed E-state index contributed by atoms with van der Waals surface area (Å²) >= 11 is 0. The summed E-state index contributed by atoms with van der Waals surface area (Å²) in [6, 6.07) is 6.91. The van der Waals surface area contributed by atoms with Crippen LogP contribution in [0.5, 0.6) is 0 Å². The summed E-state index contributed by atoms with van der Waals surface area (Å²) in [6.45, 7) is 7.58. The molecule has 0 unspecified atom stereocenters. The van der Waals surface area contributed by atoms with Crippen LogP contribution in [-0.2, 0) is 9.84 Å². The molecular formula is C11H18O2S. The van der Waals surface area contributed by atoms with Crippen LogP contribution in [0.3, 0.4) is 0 Å². The molecule has 0 heterocycles. The fourth-order valence-corrected chi connectivity index (χ4v) is 1.80. The average Bonchev–Trinajstić information content (AvgIpc) is 2.21. The van der Waals surface area contributed by atoms with Gasteiger partial charge in [0.15, 0.2) is 9.84 Å². The van der Waals surface area contributed by atoms with Gasteiger partial charge in [-0.1, -0.05) is 38.5 Å². The maximum atomic E-state index is 11.3. The lowest BCUT2D eigenvalue weighted by Crippen LogP contribution is -2.02. The third-order valence-corrected chi connectivity index (χ3v) is 3.51. The van der Waals surface area contributed by atoms with Crippen LogP contribution < -0.4 is 0 Å². The molecule has 1 aromatic rings. The van der Waals surface area contributed by atoms with Gasteiger partial charge >= 0.3 is 0 Å². The van der Waals surface area contributed by atoms with Crippen molar-refractivity contribution in [3.8, 4) is 0 Å². The molecule has 0 atom stereocenters. The first kappa shape index (κ1) is 13.2. The molecule has 0 radical (unpaired) electrons. The number of hydrogen-bond donors (Lipinski definition) is 0. The van der Waals surface area contributed by atoms with Gasteiger partial charge in [-0.2, -0.15) is 0 Å². The van der Waals surface area contributed by atoms with Crippen molar-refractivity contribution in [2.75, 3.05) is 5.75 Å². The zero-order valence-corrected chi connectivity index (χ0v) is 10.1. The molecule has 0 amide bonds. The van der Waals surface area contributed by atoms with Crippen molar-refractivity contribution in [3.05, 3.63) is 29.8 Å². The van der Waals surface area contributed by atoms with Gasteiger partial charge in [0.25, 0.3) is 0 Å². The van der Waals surface area contributed by atoms with Crippen molar-refractivity contribution in [1.29, 1.82) is 0 Å². The molecule has 0 aromatic heterocycles. The molecule has 3 heteroatoms. The zero-order valence-electron chi connectivity index (χ0n) is 9.24. The quantitative estimate of drug-likeness (QED) is 0.758. The second-order valence-corrected chi connectivity index (χ2v) is 4.99. The summed E-state index contributed by atoms with van der Waals surface area (Å²) < 4.78 is 22.6. The van der Waals surface area contributed by atoms with Crippen LogP contribution in [-0.4, -0.2) is 14.2 Å². The van der Waals surface area contributed by atoms with E-state index in [0.29, 0.717) is 4.90 Å². The third-order valence-electron chi connectivity index (χ3n) is 1.76. The van der Waals surface area contributed by atoms with E-state index in [-0.39, 0.29) is 5.75 Å². The van der Waals surface area contributed by atoms with E-state index in [1.54, 1.807) is 19.1 Å². The molecule has 0 saturated carbocycles. The first-order valence-corrected chi connectivity index (χ1v) is 6.51. The Morgan fingerprint density at radius 3 is 1.86 bits per heavy atom.